The van der Waals surface area contributed by atoms with Crippen molar-refractivity contribution in [2.45, 2.75) is 25.4 Å². The topological polar surface area (TPSA) is 74.8 Å². The maximum absolute atomic E-state index is 10.9. The highest BCUT2D eigenvalue weighted by Gasteiger charge is 2.37. The van der Waals surface area contributed by atoms with Crippen LogP contribution < -0.4 is 0 Å². The number of pyridine rings is 1. The average Bonchev–Trinajstić information content (AvgIpc) is 2.72. The molecule has 5 nitrogen and oxygen atoms in total. The zero-order valence-electron chi connectivity index (χ0n) is 9.66. The first kappa shape index (κ1) is 11.6. The lowest BCUT2D eigenvalue weighted by Crippen LogP contribution is -2.40. The van der Waals surface area contributed by atoms with E-state index in [0.717, 1.165) is 5.65 Å². The Bertz CT molecular complexity index is 560. The Morgan fingerprint density at radius 3 is 2.82 bits per heavy atom. The second kappa shape index (κ2) is 3.85. The molecule has 5 heteroatoms. The lowest BCUT2D eigenvalue weighted by atomic mass is 9.83. The van der Waals surface area contributed by atoms with Gasteiger partial charge in [0, 0.05) is 17.8 Å². The molecular formula is C12H14N2O3. The van der Waals surface area contributed by atoms with Crippen molar-refractivity contribution in [1.29, 1.82) is 0 Å². The second-order valence-electron chi connectivity index (χ2n) is 4.53. The summed E-state index contributed by atoms with van der Waals surface area (Å²) in [6, 6.07) is 5.51. The van der Waals surface area contributed by atoms with E-state index < -0.39 is 17.5 Å². The van der Waals surface area contributed by atoms with E-state index in [1.165, 1.54) is 0 Å². The quantitative estimate of drug-likeness (QED) is 0.832. The maximum atomic E-state index is 10.9. The summed E-state index contributed by atoms with van der Waals surface area (Å²) in [4.78, 5) is 15.1. The van der Waals surface area contributed by atoms with Gasteiger partial charge in [-0.1, -0.05) is 19.9 Å². The molecule has 0 fully saturated rings. The number of aliphatic hydroxyl groups excluding tert-OH is 1. The van der Waals surface area contributed by atoms with Crippen molar-refractivity contribution in [1.82, 2.24) is 9.38 Å². The molecule has 2 aromatic heterocycles. The maximum Gasteiger partial charge on any atom is 0.333 e. The Morgan fingerprint density at radius 2 is 2.18 bits per heavy atom. The lowest BCUT2D eigenvalue weighted by Gasteiger charge is -2.27. The molecule has 1 unspecified atom stereocenters. The zero-order valence-corrected chi connectivity index (χ0v) is 9.66. The Morgan fingerprint density at radius 1 is 1.47 bits per heavy atom. The number of rotatable bonds is 3. The van der Waals surface area contributed by atoms with E-state index in [2.05, 4.69) is 4.98 Å². The van der Waals surface area contributed by atoms with Gasteiger partial charge in [0.15, 0.2) is 6.10 Å². The number of nitrogens with zero attached hydrogens (tertiary/aromatic N) is 2. The Labute approximate surface area is 98.3 Å². The third kappa shape index (κ3) is 1.78. The molecule has 0 saturated heterocycles. The minimum Gasteiger partial charge on any atom is -0.479 e. The summed E-state index contributed by atoms with van der Waals surface area (Å²) >= 11 is 0. The number of aromatic nitrogens is 2. The highest BCUT2D eigenvalue weighted by molar-refractivity contribution is 5.74. The average molecular weight is 234 g/mol. The van der Waals surface area contributed by atoms with E-state index in [0.29, 0.717) is 5.69 Å². The van der Waals surface area contributed by atoms with Crippen LogP contribution in [0, 0.1) is 0 Å². The smallest absolute Gasteiger partial charge is 0.333 e. The molecule has 2 aromatic rings. The monoisotopic (exact) mass is 234 g/mol. The number of carbonyl (C=O) groups is 1. The number of fused-ring (bicyclic) bond motifs is 1. The molecule has 0 bridgehead atoms. The largest absolute Gasteiger partial charge is 0.479 e. The van der Waals surface area contributed by atoms with Gasteiger partial charge in [-0.2, -0.15) is 0 Å². The van der Waals surface area contributed by atoms with Gasteiger partial charge in [0.1, 0.15) is 5.65 Å². The van der Waals surface area contributed by atoms with Crippen LogP contribution in [0.15, 0.2) is 30.6 Å². The van der Waals surface area contributed by atoms with Gasteiger partial charge < -0.3 is 14.6 Å². The van der Waals surface area contributed by atoms with E-state index in [9.17, 15) is 9.90 Å². The molecule has 0 aliphatic rings. The molecule has 0 saturated carbocycles. The molecule has 0 spiro atoms. The van der Waals surface area contributed by atoms with Gasteiger partial charge in [0.05, 0.1) is 5.69 Å². The summed E-state index contributed by atoms with van der Waals surface area (Å²) in [6.45, 7) is 3.37. The summed E-state index contributed by atoms with van der Waals surface area (Å²) < 4.78 is 1.78. The van der Waals surface area contributed by atoms with Crippen LogP contribution in [0.25, 0.3) is 5.65 Å². The van der Waals surface area contributed by atoms with E-state index >= 15 is 0 Å². The molecule has 0 aliphatic heterocycles. The molecule has 0 aromatic carbocycles. The number of imidazole rings is 1. The number of hydrogen-bond acceptors (Lipinski definition) is 3. The third-order valence-corrected chi connectivity index (χ3v) is 2.99. The van der Waals surface area contributed by atoms with Crippen molar-refractivity contribution in [2.24, 2.45) is 0 Å². The fourth-order valence-corrected chi connectivity index (χ4v) is 1.86. The molecule has 0 aliphatic carbocycles. The highest BCUT2D eigenvalue weighted by atomic mass is 16.4. The highest BCUT2D eigenvalue weighted by Crippen LogP contribution is 2.27. The number of carboxylic acids is 1. The van der Waals surface area contributed by atoms with Gasteiger partial charge in [-0.25, -0.2) is 9.78 Å². The fraction of sp³-hybridized carbons (Fsp3) is 0.333. The first-order valence-corrected chi connectivity index (χ1v) is 5.28. The molecule has 90 valence electrons. The minimum atomic E-state index is -1.47. The molecule has 2 N–H and O–H groups in total. The van der Waals surface area contributed by atoms with Gasteiger partial charge in [-0.15, -0.1) is 0 Å². The Balaban J connectivity index is 2.56. The number of aliphatic carboxylic acids is 1. The SMILES string of the molecule is CC(C)(c1cnc2ccccn12)C(O)C(=O)O. The van der Waals surface area contributed by atoms with E-state index in [-0.39, 0.29) is 0 Å². The van der Waals surface area contributed by atoms with E-state index in [1.807, 2.05) is 18.2 Å². The van der Waals surface area contributed by atoms with Crippen molar-refractivity contribution in [3.63, 3.8) is 0 Å². The van der Waals surface area contributed by atoms with Crippen molar-refractivity contribution >= 4 is 11.6 Å². The van der Waals surface area contributed by atoms with Crippen molar-refractivity contribution in [3.05, 3.63) is 36.3 Å². The summed E-state index contributed by atoms with van der Waals surface area (Å²) in [5.74, 6) is -1.24. The molecule has 2 rings (SSSR count). The molecule has 2 heterocycles. The van der Waals surface area contributed by atoms with Crippen LogP contribution in [0.3, 0.4) is 0 Å². The zero-order chi connectivity index (χ0) is 12.6. The first-order valence-electron chi connectivity index (χ1n) is 5.28. The van der Waals surface area contributed by atoms with E-state index in [1.54, 1.807) is 30.6 Å². The third-order valence-electron chi connectivity index (χ3n) is 2.99. The minimum absolute atomic E-state index is 0.669. The number of hydrogen-bond donors (Lipinski definition) is 2. The summed E-state index contributed by atoms with van der Waals surface area (Å²) in [7, 11) is 0. The molecule has 1 atom stereocenters. The Kier molecular flexibility index (Phi) is 2.63. The molecule has 0 amide bonds. The van der Waals surface area contributed by atoms with Crippen LogP contribution in [-0.4, -0.2) is 31.7 Å². The van der Waals surface area contributed by atoms with Crippen molar-refractivity contribution in [2.75, 3.05) is 0 Å². The fourth-order valence-electron chi connectivity index (χ4n) is 1.86. The standard InChI is InChI=1S/C12H14N2O3/c1-12(2,10(15)11(16)17)8-7-13-9-5-3-4-6-14(8)9/h3-7,10,15H,1-2H3,(H,16,17). The van der Waals surface area contributed by atoms with Crippen molar-refractivity contribution in [3.8, 4) is 0 Å². The van der Waals surface area contributed by atoms with E-state index in [4.69, 9.17) is 5.11 Å². The van der Waals surface area contributed by atoms with Crippen LogP contribution in [0.4, 0.5) is 0 Å². The Hall–Kier alpha value is -1.88. The summed E-state index contributed by atoms with van der Waals surface area (Å²) in [5, 5.41) is 18.7. The summed E-state index contributed by atoms with van der Waals surface area (Å²) in [6.07, 6.45) is 1.93. The predicted molar refractivity (Wildman–Crippen MR) is 61.9 cm³/mol. The van der Waals surface area contributed by atoms with Crippen LogP contribution in [-0.2, 0) is 10.2 Å². The van der Waals surface area contributed by atoms with Gasteiger partial charge in [0.25, 0.3) is 0 Å². The van der Waals surface area contributed by atoms with Crippen LogP contribution >= 0.6 is 0 Å². The number of aliphatic hydroxyl groups is 1. The van der Waals surface area contributed by atoms with Gasteiger partial charge in [0.2, 0.25) is 0 Å². The first-order chi connectivity index (χ1) is 7.94. The van der Waals surface area contributed by atoms with Crippen LogP contribution in [0.2, 0.25) is 0 Å². The molecular weight excluding hydrogens is 220 g/mol. The lowest BCUT2D eigenvalue weighted by molar-refractivity contribution is -0.150. The van der Waals surface area contributed by atoms with Gasteiger partial charge in [-0.3, -0.25) is 0 Å². The molecule has 0 radical (unpaired) electrons. The normalized spacial score (nSPS) is 13.8. The van der Waals surface area contributed by atoms with Gasteiger partial charge >= 0.3 is 5.97 Å². The summed E-state index contributed by atoms with van der Waals surface area (Å²) in [5.41, 5.74) is 0.489. The second-order valence-corrected chi connectivity index (χ2v) is 4.53. The van der Waals surface area contributed by atoms with Gasteiger partial charge in [-0.05, 0) is 12.1 Å². The number of carboxylic acid groups (broad SMARTS) is 1. The predicted octanol–water partition coefficient (Wildman–Crippen LogP) is 1.06. The van der Waals surface area contributed by atoms with Crippen LogP contribution in [0.1, 0.15) is 19.5 Å². The molecule has 17 heavy (non-hydrogen) atoms. The van der Waals surface area contributed by atoms with Crippen LogP contribution in [0.5, 0.6) is 0 Å². The van der Waals surface area contributed by atoms with Crippen molar-refractivity contribution < 1.29 is 15.0 Å².